The molecule has 1 aliphatic carbocycles. The quantitative estimate of drug-likeness (QED) is 0.328. The Balaban J connectivity index is 1.25. The van der Waals surface area contributed by atoms with Crippen molar-refractivity contribution in [2.24, 2.45) is 18.9 Å². The molecule has 1 unspecified atom stereocenters. The highest BCUT2D eigenvalue weighted by Gasteiger charge is 2.32. The van der Waals surface area contributed by atoms with E-state index in [1.54, 1.807) is 10.9 Å². The SMILES string of the molecule is CCN1CCC(Nc2ccc3nc4n(c3c2)CC(C2CC2)CCCOc2c(cnn2C)-c2cc(cc(C)n2)C(=O)N4)CC1. The van der Waals surface area contributed by atoms with Gasteiger partial charge in [-0.1, -0.05) is 6.92 Å². The van der Waals surface area contributed by atoms with Crippen LogP contribution in [-0.2, 0) is 13.6 Å². The number of amides is 1. The molecule has 1 saturated carbocycles. The Bertz CT molecular complexity index is 1630. The van der Waals surface area contributed by atoms with E-state index < -0.39 is 0 Å². The minimum atomic E-state index is -0.200. The number of carbonyl (C=O) groups excluding carboxylic acids is 1. The highest BCUT2D eigenvalue weighted by Crippen LogP contribution is 2.41. The van der Waals surface area contributed by atoms with E-state index in [-0.39, 0.29) is 5.91 Å². The lowest BCUT2D eigenvalue weighted by atomic mass is 9.97. The van der Waals surface area contributed by atoms with Gasteiger partial charge in [0.25, 0.3) is 5.91 Å². The van der Waals surface area contributed by atoms with Crippen molar-refractivity contribution in [2.45, 2.75) is 65.0 Å². The van der Waals surface area contributed by atoms with Gasteiger partial charge in [-0.15, -0.1) is 0 Å². The molecule has 3 aliphatic rings. The maximum Gasteiger partial charge on any atom is 0.258 e. The second-order valence-electron chi connectivity index (χ2n) is 12.5. The van der Waals surface area contributed by atoms with E-state index >= 15 is 0 Å². The van der Waals surface area contributed by atoms with Gasteiger partial charge in [0.1, 0.15) is 0 Å². The summed E-state index contributed by atoms with van der Waals surface area (Å²) in [6, 6.07) is 10.5. The predicted molar refractivity (Wildman–Crippen MR) is 169 cm³/mol. The van der Waals surface area contributed by atoms with Gasteiger partial charge >= 0.3 is 0 Å². The zero-order valence-electron chi connectivity index (χ0n) is 25.5. The summed E-state index contributed by atoms with van der Waals surface area (Å²) in [7, 11) is 1.88. The largest absolute Gasteiger partial charge is 0.477 e. The van der Waals surface area contributed by atoms with Crippen LogP contribution in [0.2, 0.25) is 0 Å². The van der Waals surface area contributed by atoms with Crippen LogP contribution in [0.25, 0.3) is 22.3 Å². The molecule has 5 heterocycles. The standard InChI is InChI=1S/C33H42N8O2/c1-4-40-13-11-25(12-14-40)36-26-9-10-28-30(18-26)41-20-23(22-7-8-22)6-5-15-43-32-27(19-34-39(32)3)29-17-24(16-21(2)35-29)31(42)38-33(41)37-28/h9-10,16-19,22-23,25,36H,4-8,11-15,20H2,1-3H3,(H,37,38,42). The fourth-order valence-corrected chi connectivity index (χ4v) is 6.80. The molecule has 10 heteroatoms. The molecule has 0 radical (unpaired) electrons. The van der Waals surface area contributed by atoms with E-state index in [0.29, 0.717) is 47.6 Å². The van der Waals surface area contributed by atoms with Gasteiger partial charge in [0.05, 0.1) is 35.1 Å². The summed E-state index contributed by atoms with van der Waals surface area (Å²) in [5.41, 5.74) is 5.82. The van der Waals surface area contributed by atoms with Crippen molar-refractivity contribution in [2.75, 3.05) is 36.9 Å². The molecule has 10 nitrogen and oxygen atoms in total. The Labute approximate surface area is 252 Å². The summed E-state index contributed by atoms with van der Waals surface area (Å²) in [5, 5.41) is 11.4. The molecule has 2 N–H and O–H groups in total. The number of carbonyl (C=O) groups is 1. The minimum absolute atomic E-state index is 0.200. The third-order valence-electron chi connectivity index (χ3n) is 9.42. The molecule has 2 bridgehead atoms. The van der Waals surface area contributed by atoms with Crippen molar-refractivity contribution in [1.29, 1.82) is 0 Å². The lowest BCUT2D eigenvalue weighted by Crippen LogP contribution is -2.38. The van der Waals surface area contributed by atoms with Crippen molar-refractivity contribution in [3.05, 3.63) is 47.8 Å². The smallest absolute Gasteiger partial charge is 0.258 e. The molecule has 2 aliphatic heterocycles. The van der Waals surface area contributed by atoms with E-state index in [4.69, 9.17) is 14.7 Å². The minimum Gasteiger partial charge on any atom is -0.477 e. The van der Waals surface area contributed by atoms with E-state index in [0.717, 1.165) is 79.8 Å². The second-order valence-corrected chi connectivity index (χ2v) is 12.5. The molecule has 4 aromatic rings. The Kier molecular flexibility index (Phi) is 7.55. The molecule has 1 aromatic carbocycles. The zero-order valence-corrected chi connectivity index (χ0v) is 25.5. The number of benzene rings is 1. The van der Waals surface area contributed by atoms with E-state index in [1.165, 1.54) is 12.8 Å². The fraction of sp³-hybridized carbons (Fsp3) is 0.515. The Hall–Kier alpha value is -3.92. The van der Waals surface area contributed by atoms with Gasteiger partial charge in [0.2, 0.25) is 11.8 Å². The van der Waals surface area contributed by atoms with Crippen molar-refractivity contribution in [3.63, 3.8) is 0 Å². The number of fused-ring (bicyclic) bond motifs is 7. The topological polar surface area (TPSA) is 102 Å². The molecular formula is C33H42N8O2. The number of likely N-dealkylation sites (tertiary alicyclic amines) is 1. The summed E-state index contributed by atoms with van der Waals surface area (Å²) in [5.74, 6) is 2.25. The van der Waals surface area contributed by atoms with Gasteiger partial charge in [0, 0.05) is 49.7 Å². The normalized spacial score (nSPS) is 20.4. The maximum atomic E-state index is 13.8. The van der Waals surface area contributed by atoms with Gasteiger partial charge in [-0.25, -0.2) is 9.67 Å². The Morgan fingerprint density at radius 1 is 1.05 bits per heavy atom. The third kappa shape index (κ3) is 5.85. The van der Waals surface area contributed by atoms with Gasteiger partial charge in [0.15, 0.2) is 0 Å². The lowest BCUT2D eigenvalue weighted by molar-refractivity contribution is 0.102. The van der Waals surface area contributed by atoms with E-state index in [1.807, 2.05) is 26.1 Å². The number of anilines is 2. The highest BCUT2D eigenvalue weighted by molar-refractivity contribution is 6.05. The first-order valence-electron chi connectivity index (χ1n) is 15.9. The molecule has 2 fully saturated rings. The van der Waals surface area contributed by atoms with Crippen LogP contribution in [-0.4, -0.2) is 67.4 Å². The molecule has 3 aromatic heterocycles. The van der Waals surface area contributed by atoms with E-state index in [9.17, 15) is 4.79 Å². The van der Waals surface area contributed by atoms with Crippen LogP contribution in [0.5, 0.6) is 5.88 Å². The number of nitrogens with one attached hydrogen (secondary N) is 2. The van der Waals surface area contributed by atoms with Gasteiger partial charge in [-0.05, 0) is 94.2 Å². The summed E-state index contributed by atoms with van der Waals surface area (Å²) in [6.45, 7) is 8.94. The van der Waals surface area contributed by atoms with Crippen molar-refractivity contribution in [3.8, 4) is 17.1 Å². The molecule has 1 saturated heterocycles. The summed E-state index contributed by atoms with van der Waals surface area (Å²) < 4.78 is 10.3. The lowest BCUT2D eigenvalue weighted by Gasteiger charge is -2.32. The van der Waals surface area contributed by atoms with E-state index in [2.05, 4.69) is 50.3 Å². The zero-order chi connectivity index (χ0) is 29.5. The molecule has 43 heavy (non-hydrogen) atoms. The average Bonchev–Trinajstić information content (AvgIpc) is 3.71. The number of ether oxygens (including phenoxy) is 1. The molecule has 7 rings (SSSR count). The van der Waals surface area contributed by atoms with Crippen molar-refractivity contribution < 1.29 is 9.53 Å². The number of hydrogen-bond acceptors (Lipinski definition) is 7. The number of hydrogen-bond donors (Lipinski definition) is 2. The van der Waals surface area contributed by atoms with Crippen LogP contribution in [0.15, 0.2) is 36.5 Å². The first-order valence-corrected chi connectivity index (χ1v) is 15.9. The second kappa shape index (κ2) is 11.6. The predicted octanol–water partition coefficient (Wildman–Crippen LogP) is 5.49. The average molecular weight is 583 g/mol. The number of imidazole rings is 1. The Morgan fingerprint density at radius 3 is 2.67 bits per heavy atom. The Morgan fingerprint density at radius 2 is 1.88 bits per heavy atom. The van der Waals surface area contributed by atoms with Crippen LogP contribution < -0.4 is 15.4 Å². The monoisotopic (exact) mass is 582 g/mol. The third-order valence-corrected chi connectivity index (χ3v) is 9.42. The summed E-state index contributed by atoms with van der Waals surface area (Å²) in [4.78, 5) is 26.0. The van der Waals surface area contributed by atoms with Gasteiger partial charge in [-0.3, -0.25) is 15.1 Å². The van der Waals surface area contributed by atoms with Crippen LogP contribution in [0.3, 0.4) is 0 Å². The van der Waals surface area contributed by atoms with Crippen LogP contribution in [0, 0.1) is 18.8 Å². The van der Waals surface area contributed by atoms with Gasteiger partial charge in [-0.2, -0.15) is 5.10 Å². The first-order chi connectivity index (χ1) is 20.9. The molecule has 226 valence electrons. The number of rotatable bonds is 4. The summed E-state index contributed by atoms with van der Waals surface area (Å²) >= 11 is 0. The van der Waals surface area contributed by atoms with Crippen molar-refractivity contribution in [1.82, 2.24) is 29.2 Å². The molecule has 1 atom stereocenters. The first kappa shape index (κ1) is 27.9. The molecule has 1 amide bonds. The number of aryl methyl sites for hydroxylation is 2. The fourth-order valence-electron chi connectivity index (χ4n) is 6.80. The van der Waals surface area contributed by atoms with Gasteiger partial charge < -0.3 is 19.5 Å². The van der Waals surface area contributed by atoms with Crippen LogP contribution >= 0.6 is 0 Å². The summed E-state index contributed by atoms with van der Waals surface area (Å²) in [6.07, 6.45) is 8.55. The molecular weight excluding hydrogens is 540 g/mol. The highest BCUT2D eigenvalue weighted by atomic mass is 16.5. The number of nitrogens with zero attached hydrogens (tertiary/aromatic N) is 6. The number of aromatic nitrogens is 5. The van der Waals surface area contributed by atoms with Crippen LogP contribution in [0.1, 0.15) is 61.5 Å². The number of pyridine rings is 1. The molecule has 0 spiro atoms. The maximum absolute atomic E-state index is 13.8. The van der Waals surface area contributed by atoms with Crippen molar-refractivity contribution >= 4 is 28.6 Å². The van der Waals surface area contributed by atoms with Crippen LogP contribution in [0.4, 0.5) is 11.6 Å². The number of piperidine rings is 1.